The molecule has 0 aliphatic heterocycles. The number of phenolic OH excluding ortho intramolecular Hbond substituents is 1. The van der Waals surface area contributed by atoms with Crippen LogP contribution in [0.25, 0.3) is 0 Å². The summed E-state index contributed by atoms with van der Waals surface area (Å²) < 4.78 is 0. The van der Waals surface area contributed by atoms with Crippen LogP contribution in [0.4, 0.5) is 0 Å². The number of allylic oxidation sites excluding steroid dienone is 1. The van der Waals surface area contributed by atoms with Crippen LogP contribution in [0.5, 0.6) is 5.75 Å². The minimum absolute atomic E-state index is 0.0505. The Balaban J connectivity index is 2.79. The first-order valence-corrected chi connectivity index (χ1v) is 14.7. The summed E-state index contributed by atoms with van der Waals surface area (Å²) in [6, 6.07) is 4.01. The summed E-state index contributed by atoms with van der Waals surface area (Å²) in [7, 11) is 0. The molecule has 240 valence electrons. The highest BCUT2D eigenvalue weighted by Crippen LogP contribution is 2.26. The molecule has 12 heteroatoms. The Bertz CT molecular complexity index is 1090. The van der Waals surface area contributed by atoms with Gasteiger partial charge in [0.25, 0.3) is 0 Å². The normalized spacial score (nSPS) is 14.9. The number of ketones is 1. The molecular weight excluding hydrogens is 562 g/mol. The van der Waals surface area contributed by atoms with Crippen molar-refractivity contribution >= 4 is 29.6 Å². The number of rotatable bonds is 23. The lowest BCUT2D eigenvalue weighted by Gasteiger charge is -2.29. The van der Waals surface area contributed by atoms with Crippen molar-refractivity contribution in [1.29, 1.82) is 0 Å². The molecule has 0 aliphatic rings. The van der Waals surface area contributed by atoms with Crippen molar-refractivity contribution in [2.75, 3.05) is 0 Å². The lowest BCUT2D eigenvalue weighted by atomic mass is 9.82. The number of aliphatic carboxylic acids is 3. The largest absolute Gasteiger partial charge is 0.508 e. The molecule has 1 amide bonds. The third-order valence-corrected chi connectivity index (χ3v) is 7.15. The van der Waals surface area contributed by atoms with E-state index in [1.54, 1.807) is 0 Å². The number of carboxylic acids is 3. The lowest BCUT2D eigenvalue weighted by Crippen LogP contribution is -2.55. The maximum Gasteiger partial charge on any atom is 0.337 e. The van der Waals surface area contributed by atoms with Crippen LogP contribution in [-0.4, -0.2) is 78.0 Å². The number of aliphatic hydroxyl groups is 2. The second-order valence-corrected chi connectivity index (χ2v) is 10.8. The molecule has 12 nitrogen and oxygen atoms in total. The van der Waals surface area contributed by atoms with E-state index in [-0.39, 0.29) is 24.4 Å². The van der Waals surface area contributed by atoms with Crippen LogP contribution >= 0.6 is 0 Å². The van der Waals surface area contributed by atoms with Crippen LogP contribution < -0.4 is 5.32 Å². The average molecular weight is 608 g/mol. The van der Waals surface area contributed by atoms with Gasteiger partial charge in [0.2, 0.25) is 5.91 Å². The molecule has 0 radical (unpaired) electrons. The molecule has 0 heterocycles. The highest BCUT2D eigenvalue weighted by molar-refractivity contribution is 5.94. The van der Waals surface area contributed by atoms with Gasteiger partial charge in [0.15, 0.2) is 11.4 Å². The zero-order chi connectivity index (χ0) is 32.4. The molecule has 0 saturated heterocycles. The SMILES string of the molecule is CCCCCCC(O)C(=O)CCCCCCC=C[C@H](C(=O)N[C@@H](Cc1ccc(O)cc1)C(=O)O)[C@@](O)(CC(=O)O)C(=O)O. The van der Waals surface area contributed by atoms with Crippen molar-refractivity contribution in [3.8, 4) is 5.75 Å². The fraction of sp³-hybridized carbons (Fsp3) is 0.581. The van der Waals surface area contributed by atoms with Crippen molar-refractivity contribution in [1.82, 2.24) is 5.32 Å². The molecule has 4 atom stereocenters. The number of benzene rings is 1. The number of aromatic hydroxyl groups is 1. The van der Waals surface area contributed by atoms with Crippen molar-refractivity contribution in [2.24, 2.45) is 5.92 Å². The molecule has 0 fully saturated rings. The number of phenols is 1. The first-order chi connectivity index (χ1) is 20.3. The summed E-state index contributed by atoms with van der Waals surface area (Å²) in [4.78, 5) is 60.3. The molecule has 1 unspecified atom stereocenters. The minimum atomic E-state index is -3.05. The Morgan fingerprint density at radius 3 is 2.12 bits per heavy atom. The van der Waals surface area contributed by atoms with E-state index >= 15 is 0 Å². The van der Waals surface area contributed by atoms with Gasteiger partial charge < -0.3 is 36.0 Å². The van der Waals surface area contributed by atoms with Crippen LogP contribution in [0.15, 0.2) is 36.4 Å². The minimum Gasteiger partial charge on any atom is -0.508 e. The molecule has 0 aromatic heterocycles. The van der Waals surface area contributed by atoms with E-state index in [9.17, 15) is 54.6 Å². The van der Waals surface area contributed by atoms with Gasteiger partial charge in [-0.05, 0) is 43.4 Å². The number of nitrogens with one attached hydrogen (secondary N) is 1. The fourth-order valence-electron chi connectivity index (χ4n) is 4.58. The van der Waals surface area contributed by atoms with Crippen molar-refractivity contribution in [2.45, 2.75) is 108 Å². The molecule has 1 aromatic rings. The van der Waals surface area contributed by atoms with Crippen molar-refractivity contribution < 1.29 is 54.6 Å². The Kier molecular flexibility index (Phi) is 16.8. The summed E-state index contributed by atoms with van der Waals surface area (Å²) in [6.07, 6.45) is 7.61. The van der Waals surface area contributed by atoms with Gasteiger partial charge in [0.05, 0.1) is 12.3 Å². The molecule has 1 aromatic carbocycles. The number of hydrogen-bond acceptors (Lipinski definition) is 8. The second-order valence-electron chi connectivity index (χ2n) is 10.8. The molecule has 43 heavy (non-hydrogen) atoms. The van der Waals surface area contributed by atoms with E-state index < -0.39 is 53.9 Å². The number of unbranched alkanes of at least 4 members (excludes halogenated alkanes) is 7. The molecule has 0 spiro atoms. The lowest BCUT2D eigenvalue weighted by molar-refractivity contribution is -0.172. The number of aliphatic hydroxyl groups excluding tert-OH is 1. The Morgan fingerprint density at radius 1 is 0.907 bits per heavy atom. The molecule has 1 rings (SSSR count). The van der Waals surface area contributed by atoms with Gasteiger partial charge in [-0.3, -0.25) is 14.4 Å². The number of hydrogen-bond donors (Lipinski definition) is 7. The first-order valence-electron chi connectivity index (χ1n) is 14.7. The van der Waals surface area contributed by atoms with Gasteiger partial charge in [-0.15, -0.1) is 0 Å². The maximum absolute atomic E-state index is 13.1. The topological polar surface area (TPSA) is 219 Å². The number of Topliss-reactive ketones (excluding diaryl/α,β-unsaturated/α-hetero) is 1. The van der Waals surface area contributed by atoms with E-state index in [0.29, 0.717) is 44.1 Å². The zero-order valence-corrected chi connectivity index (χ0v) is 24.6. The van der Waals surface area contributed by atoms with E-state index in [1.807, 2.05) is 0 Å². The van der Waals surface area contributed by atoms with Crippen LogP contribution in [0.2, 0.25) is 0 Å². The van der Waals surface area contributed by atoms with Crippen molar-refractivity contribution in [3.63, 3.8) is 0 Å². The summed E-state index contributed by atoms with van der Waals surface area (Å²) in [5.74, 6) is -8.39. The highest BCUT2D eigenvalue weighted by atomic mass is 16.4. The van der Waals surface area contributed by atoms with Crippen molar-refractivity contribution in [3.05, 3.63) is 42.0 Å². The Labute approximate surface area is 251 Å². The van der Waals surface area contributed by atoms with Gasteiger partial charge in [0.1, 0.15) is 17.9 Å². The predicted octanol–water partition coefficient (Wildman–Crippen LogP) is 3.21. The van der Waals surface area contributed by atoms with Crippen LogP contribution in [0.1, 0.15) is 89.5 Å². The van der Waals surface area contributed by atoms with Gasteiger partial charge in [-0.2, -0.15) is 0 Å². The molecular formula is C31H45NO11. The molecule has 7 N–H and O–H groups in total. The molecule has 0 saturated carbocycles. The predicted molar refractivity (Wildman–Crippen MR) is 156 cm³/mol. The number of carbonyl (C=O) groups excluding carboxylic acids is 2. The van der Waals surface area contributed by atoms with Crippen LogP contribution in [-0.2, 0) is 30.4 Å². The summed E-state index contributed by atoms with van der Waals surface area (Å²) in [5.41, 5.74) is -2.61. The number of carbonyl (C=O) groups is 5. The number of carboxylic acid groups (broad SMARTS) is 3. The number of amides is 1. The zero-order valence-electron chi connectivity index (χ0n) is 24.6. The van der Waals surface area contributed by atoms with E-state index in [4.69, 9.17) is 0 Å². The van der Waals surface area contributed by atoms with E-state index in [1.165, 1.54) is 30.3 Å². The molecule has 0 aliphatic carbocycles. The monoisotopic (exact) mass is 607 g/mol. The standard InChI is InChI=1S/C31H45NO11/c1-2-3-4-10-13-25(34)26(35)14-11-8-6-5-7-9-12-23(31(43,30(41)42)20-27(36)37)28(38)32-24(29(39)40)19-21-15-17-22(33)18-16-21/h9,12,15-18,23-25,33-34,43H,2-8,10-11,13-14,19-20H2,1H3,(H,32,38)(H,36,37)(H,39,40)(H,41,42)/t23-,24+,25?,31+/m1/s1. The van der Waals surface area contributed by atoms with Gasteiger partial charge in [-0.25, -0.2) is 9.59 Å². The maximum atomic E-state index is 13.1. The smallest absolute Gasteiger partial charge is 0.337 e. The Morgan fingerprint density at radius 2 is 1.53 bits per heavy atom. The van der Waals surface area contributed by atoms with Crippen LogP contribution in [0.3, 0.4) is 0 Å². The molecule has 0 bridgehead atoms. The average Bonchev–Trinajstić information content (AvgIpc) is 2.94. The van der Waals surface area contributed by atoms with Gasteiger partial charge in [-0.1, -0.05) is 69.7 Å². The van der Waals surface area contributed by atoms with Gasteiger partial charge >= 0.3 is 17.9 Å². The summed E-state index contributed by atoms with van der Waals surface area (Å²) in [6.45, 7) is 2.08. The second kappa shape index (κ2) is 19.4. The first kappa shape index (κ1) is 37.3. The van der Waals surface area contributed by atoms with Crippen LogP contribution in [0, 0.1) is 5.92 Å². The summed E-state index contributed by atoms with van der Waals surface area (Å²) >= 11 is 0. The van der Waals surface area contributed by atoms with Gasteiger partial charge in [0, 0.05) is 12.8 Å². The highest BCUT2D eigenvalue weighted by Gasteiger charge is 2.49. The summed E-state index contributed by atoms with van der Waals surface area (Å²) in [5, 5.41) is 60.9. The Hall–Kier alpha value is -3.77. The third kappa shape index (κ3) is 13.8. The van der Waals surface area contributed by atoms with E-state index in [0.717, 1.165) is 31.8 Å². The fourth-order valence-corrected chi connectivity index (χ4v) is 4.58. The third-order valence-electron chi connectivity index (χ3n) is 7.15. The quantitative estimate of drug-likeness (QED) is 0.0707. The van der Waals surface area contributed by atoms with E-state index in [2.05, 4.69) is 12.2 Å².